The van der Waals surface area contributed by atoms with E-state index >= 15 is 0 Å². The maximum absolute atomic E-state index is 5.55. The number of nitrogens with two attached hydrogens (primary N) is 1. The summed E-state index contributed by atoms with van der Waals surface area (Å²) in [5.41, 5.74) is 5.55. The molecular weight excluding hydrogens is 160 g/mol. The van der Waals surface area contributed by atoms with Crippen molar-refractivity contribution in [1.82, 2.24) is 5.32 Å². The fourth-order valence-electron chi connectivity index (χ4n) is 1.98. The number of hydrogen-bond donors (Lipinski definition) is 2. The summed E-state index contributed by atoms with van der Waals surface area (Å²) >= 11 is 0. The van der Waals surface area contributed by atoms with Gasteiger partial charge in [0.05, 0.1) is 0 Å². The molecule has 1 aliphatic rings. The van der Waals surface area contributed by atoms with E-state index in [2.05, 4.69) is 19.2 Å². The molecule has 0 aromatic carbocycles. The first-order valence-electron chi connectivity index (χ1n) is 5.65. The van der Waals surface area contributed by atoms with Gasteiger partial charge in [-0.25, -0.2) is 0 Å². The summed E-state index contributed by atoms with van der Waals surface area (Å²) in [6.07, 6.45) is 5.66. The number of nitrogens with one attached hydrogen (secondary N) is 1. The molecule has 1 fully saturated rings. The summed E-state index contributed by atoms with van der Waals surface area (Å²) in [4.78, 5) is 0. The lowest BCUT2D eigenvalue weighted by atomic mass is 9.83. The van der Waals surface area contributed by atoms with Gasteiger partial charge in [0.1, 0.15) is 0 Å². The SMILES string of the molecule is CC1CCC(CN[C@@H](C)CN)CC1. The Morgan fingerprint density at radius 1 is 1.31 bits per heavy atom. The molecule has 0 unspecified atom stereocenters. The minimum Gasteiger partial charge on any atom is -0.329 e. The number of rotatable bonds is 4. The van der Waals surface area contributed by atoms with Crippen LogP contribution in [-0.4, -0.2) is 19.1 Å². The fourth-order valence-corrected chi connectivity index (χ4v) is 1.98. The van der Waals surface area contributed by atoms with Crippen molar-refractivity contribution in [3.05, 3.63) is 0 Å². The van der Waals surface area contributed by atoms with Gasteiger partial charge in [0.15, 0.2) is 0 Å². The van der Waals surface area contributed by atoms with E-state index in [4.69, 9.17) is 5.73 Å². The zero-order valence-electron chi connectivity index (χ0n) is 9.05. The maximum Gasteiger partial charge on any atom is 0.0162 e. The van der Waals surface area contributed by atoms with Crippen LogP contribution in [0.15, 0.2) is 0 Å². The van der Waals surface area contributed by atoms with Crippen LogP contribution in [0.3, 0.4) is 0 Å². The molecular formula is C11H24N2. The molecule has 0 aliphatic heterocycles. The molecule has 2 nitrogen and oxygen atoms in total. The first-order valence-corrected chi connectivity index (χ1v) is 5.65. The molecule has 0 radical (unpaired) electrons. The second-order valence-corrected chi connectivity index (χ2v) is 4.67. The van der Waals surface area contributed by atoms with Crippen molar-refractivity contribution in [3.63, 3.8) is 0 Å². The highest BCUT2D eigenvalue weighted by molar-refractivity contribution is 4.73. The summed E-state index contributed by atoms with van der Waals surface area (Å²) < 4.78 is 0. The molecule has 78 valence electrons. The predicted molar refractivity (Wildman–Crippen MR) is 57.6 cm³/mol. The van der Waals surface area contributed by atoms with Crippen LogP contribution in [0.1, 0.15) is 39.5 Å². The summed E-state index contributed by atoms with van der Waals surface area (Å²) in [5, 5.41) is 3.49. The van der Waals surface area contributed by atoms with Gasteiger partial charge in [-0.05, 0) is 38.1 Å². The van der Waals surface area contributed by atoms with E-state index in [-0.39, 0.29) is 0 Å². The third kappa shape index (κ3) is 4.10. The molecule has 0 bridgehead atoms. The highest BCUT2D eigenvalue weighted by atomic mass is 14.9. The van der Waals surface area contributed by atoms with Crippen molar-refractivity contribution in [2.24, 2.45) is 17.6 Å². The van der Waals surface area contributed by atoms with Crippen molar-refractivity contribution < 1.29 is 0 Å². The van der Waals surface area contributed by atoms with Gasteiger partial charge < -0.3 is 11.1 Å². The summed E-state index contributed by atoms with van der Waals surface area (Å²) in [7, 11) is 0. The largest absolute Gasteiger partial charge is 0.329 e. The third-order valence-corrected chi connectivity index (χ3v) is 3.24. The standard InChI is InChI=1S/C11H24N2/c1-9-3-5-11(6-4-9)8-13-10(2)7-12/h9-11,13H,3-8,12H2,1-2H3/t9?,10-,11?/m0/s1. The molecule has 0 spiro atoms. The minimum absolute atomic E-state index is 0.486. The smallest absolute Gasteiger partial charge is 0.0162 e. The average Bonchev–Trinajstić information content (AvgIpc) is 2.16. The van der Waals surface area contributed by atoms with Crippen LogP contribution < -0.4 is 11.1 Å². The molecule has 0 aromatic rings. The fraction of sp³-hybridized carbons (Fsp3) is 1.00. The highest BCUT2D eigenvalue weighted by Gasteiger charge is 2.17. The Morgan fingerprint density at radius 3 is 2.46 bits per heavy atom. The monoisotopic (exact) mass is 184 g/mol. The second-order valence-electron chi connectivity index (χ2n) is 4.67. The molecule has 1 saturated carbocycles. The molecule has 2 heteroatoms. The van der Waals surface area contributed by atoms with E-state index in [1.165, 1.54) is 32.2 Å². The van der Waals surface area contributed by atoms with Crippen LogP contribution in [0, 0.1) is 11.8 Å². The Hall–Kier alpha value is -0.0800. The lowest BCUT2D eigenvalue weighted by Crippen LogP contribution is -2.37. The van der Waals surface area contributed by atoms with Crippen LogP contribution in [0.2, 0.25) is 0 Å². The summed E-state index contributed by atoms with van der Waals surface area (Å²) in [6.45, 7) is 6.45. The van der Waals surface area contributed by atoms with E-state index in [9.17, 15) is 0 Å². The Balaban J connectivity index is 2.08. The Morgan fingerprint density at radius 2 is 1.92 bits per heavy atom. The zero-order valence-corrected chi connectivity index (χ0v) is 9.05. The zero-order chi connectivity index (χ0) is 9.68. The van der Waals surface area contributed by atoms with E-state index in [1.54, 1.807) is 0 Å². The molecule has 1 rings (SSSR count). The van der Waals surface area contributed by atoms with Gasteiger partial charge in [0.25, 0.3) is 0 Å². The third-order valence-electron chi connectivity index (χ3n) is 3.24. The summed E-state index contributed by atoms with van der Waals surface area (Å²) in [5.74, 6) is 1.87. The van der Waals surface area contributed by atoms with Gasteiger partial charge in [0.2, 0.25) is 0 Å². The average molecular weight is 184 g/mol. The first kappa shape index (κ1) is 11.0. The number of hydrogen-bond acceptors (Lipinski definition) is 2. The van der Waals surface area contributed by atoms with Crippen molar-refractivity contribution in [2.75, 3.05) is 13.1 Å². The van der Waals surface area contributed by atoms with Crippen LogP contribution in [0.4, 0.5) is 0 Å². The molecule has 1 atom stereocenters. The van der Waals surface area contributed by atoms with Crippen molar-refractivity contribution >= 4 is 0 Å². The molecule has 0 heterocycles. The van der Waals surface area contributed by atoms with E-state index < -0.39 is 0 Å². The van der Waals surface area contributed by atoms with Gasteiger partial charge in [-0.1, -0.05) is 19.8 Å². The van der Waals surface area contributed by atoms with E-state index in [0.29, 0.717) is 6.04 Å². The topological polar surface area (TPSA) is 38.0 Å². The van der Waals surface area contributed by atoms with Crippen molar-refractivity contribution in [1.29, 1.82) is 0 Å². The molecule has 0 aromatic heterocycles. The summed E-state index contributed by atoms with van der Waals surface area (Å²) in [6, 6.07) is 0.486. The van der Waals surface area contributed by atoms with Gasteiger partial charge >= 0.3 is 0 Å². The first-order chi connectivity index (χ1) is 6.22. The van der Waals surface area contributed by atoms with Crippen LogP contribution in [-0.2, 0) is 0 Å². The van der Waals surface area contributed by atoms with Gasteiger partial charge in [-0.15, -0.1) is 0 Å². The second kappa shape index (κ2) is 5.61. The van der Waals surface area contributed by atoms with Gasteiger partial charge in [0, 0.05) is 12.6 Å². The van der Waals surface area contributed by atoms with Crippen LogP contribution >= 0.6 is 0 Å². The predicted octanol–water partition coefficient (Wildman–Crippen LogP) is 1.75. The van der Waals surface area contributed by atoms with Crippen molar-refractivity contribution in [3.8, 4) is 0 Å². The van der Waals surface area contributed by atoms with Gasteiger partial charge in [-0.3, -0.25) is 0 Å². The van der Waals surface area contributed by atoms with Crippen LogP contribution in [0.25, 0.3) is 0 Å². The van der Waals surface area contributed by atoms with Crippen LogP contribution in [0.5, 0.6) is 0 Å². The minimum atomic E-state index is 0.486. The quantitative estimate of drug-likeness (QED) is 0.698. The molecule has 3 N–H and O–H groups in total. The Kier molecular flexibility index (Phi) is 4.74. The van der Waals surface area contributed by atoms with E-state index in [0.717, 1.165) is 18.4 Å². The Labute approximate surface area is 82.3 Å². The Bertz CT molecular complexity index is 128. The molecule has 1 aliphatic carbocycles. The van der Waals surface area contributed by atoms with Crippen molar-refractivity contribution in [2.45, 2.75) is 45.6 Å². The van der Waals surface area contributed by atoms with E-state index in [1.807, 2.05) is 0 Å². The van der Waals surface area contributed by atoms with Gasteiger partial charge in [-0.2, -0.15) is 0 Å². The lowest BCUT2D eigenvalue weighted by molar-refractivity contribution is 0.276. The molecule has 0 amide bonds. The normalized spacial score (nSPS) is 31.6. The highest BCUT2D eigenvalue weighted by Crippen LogP contribution is 2.27. The molecule has 0 saturated heterocycles. The lowest BCUT2D eigenvalue weighted by Gasteiger charge is -2.27. The maximum atomic E-state index is 5.55. The molecule has 13 heavy (non-hydrogen) atoms.